The molecule has 3 nitrogen and oxygen atoms in total. The highest BCUT2D eigenvalue weighted by Gasteiger charge is 2.01. The number of carbonyl (C=O) groups excluding carboxylic acids is 2. The first-order chi connectivity index (χ1) is 6.66. The SMILES string of the molecule is CCCOC(=O)CCCCCC(C)=O. The molecule has 0 aliphatic carbocycles. The highest BCUT2D eigenvalue weighted by atomic mass is 16.5. The van der Waals surface area contributed by atoms with Crippen LogP contribution in [0.5, 0.6) is 0 Å². The van der Waals surface area contributed by atoms with Crippen LogP contribution in [-0.4, -0.2) is 18.4 Å². The fourth-order valence-corrected chi connectivity index (χ4v) is 1.11. The molecule has 0 saturated carbocycles. The molecule has 3 heteroatoms. The number of hydrogen-bond acceptors (Lipinski definition) is 3. The van der Waals surface area contributed by atoms with Crippen LogP contribution < -0.4 is 0 Å². The van der Waals surface area contributed by atoms with Crippen LogP contribution in [0.15, 0.2) is 0 Å². The number of hydrogen-bond donors (Lipinski definition) is 0. The lowest BCUT2D eigenvalue weighted by atomic mass is 10.1. The fourth-order valence-electron chi connectivity index (χ4n) is 1.11. The maximum atomic E-state index is 11.0. The molecule has 0 fully saturated rings. The van der Waals surface area contributed by atoms with Crippen molar-refractivity contribution < 1.29 is 14.3 Å². The van der Waals surface area contributed by atoms with Crippen LogP contribution in [0, 0.1) is 0 Å². The van der Waals surface area contributed by atoms with Gasteiger partial charge in [0, 0.05) is 12.8 Å². The zero-order valence-electron chi connectivity index (χ0n) is 9.17. The number of Topliss-reactive ketones (excluding diaryl/α,β-unsaturated/α-hetero) is 1. The van der Waals surface area contributed by atoms with Gasteiger partial charge >= 0.3 is 5.97 Å². The van der Waals surface area contributed by atoms with Crippen molar-refractivity contribution in [2.45, 2.75) is 52.4 Å². The van der Waals surface area contributed by atoms with Gasteiger partial charge in [-0.15, -0.1) is 0 Å². The van der Waals surface area contributed by atoms with E-state index < -0.39 is 0 Å². The number of ether oxygens (including phenoxy) is 1. The number of rotatable bonds is 8. The highest BCUT2D eigenvalue weighted by molar-refractivity contribution is 5.75. The van der Waals surface area contributed by atoms with Crippen molar-refractivity contribution in [3.05, 3.63) is 0 Å². The van der Waals surface area contributed by atoms with Crippen LogP contribution in [0.1, 0.15) is 52.4 Å². The third-order valence-electron chi connectivity index (χ3n) is 1.88. The number of carbonyl (C=O) groups is 2. The Morgan fingerprint density at radius 2 is 1.71 bits per heavy atom. The van der Waals surface area contributed by atoms with Gasteiger partial charge in [-0.2, -0.15) is 0 Å². The summed E-state index contributed by atoms with van der Waals surface area (Å²) >= 11 is 0. The van der Waals surface area contributed by atoms with E-state index in [4.69, 9.17) is 4.74 Å². The number of ketones is 1. The van der Waals surface area contributed by atoms with E-state index in [0.29, 0.717) is 19.4 Å². The smallest absolute Gasteiger partial charge is 0.305 e. The van der Waals surface area contributed by atoms with Gasteiger partial charge in [0.1, 0.15) is 5.78 Å². The molecule has 0 rings (SSSR count). The van der Waals surface area contributed by atoms with E-state index in [2.05, 4.69) is 0 Å². The van der Waals surface area contributed by atoms with E-state index in [1.807, 2.05) is 6.92 Å². The molecule has 0 atom stereocenters. The van der Waals surface area contributed by atoms with Gasteiger partial charge in [0.15, 0.2) is 0 Å². The largest absolute Gasteiger partial charge is 0.466 e. The third-order valence-corrected chi connectivity index (χ3v) is 1.88. The number of unbranched alkanes of at least 4 members (excludes halogenated alkanes) is 2. The maximum absolute atomic E-state index is 11.0. The molecule has 0 saturated heterocycles. The van der Waals surface area contributed by atoms with Crippen molar-refractivity contribution in [2.24, 2.45) is 0 Å². The van der Waals surface area contributed by atoms with E-state index in [9.17, 15) is 9.59 Å². The summed E-state index contributed by atoms with van der Waals surface area (Å²) in [6.07, 6.45) is 4.63. The molecule has 0 amide bonds. The predicted molar refractivity (Wildman–Crippen MR) is 55.0 cm³/mol. The Hall–Kier alpha value is -0.860. The van der Waals surface area contributed by atoms with E-state index >= 15 is 0 Å². The van der Waals surface area contributed by atoms with Gasteiger partial charge in [0.05, 0.1) is 6.61 Å². The van der Waals surface area contributed by atoms with Crippen molar-refractivity contribution in [3.8, 4) is 0 Å². The molecule has 0 aromatic heterocycles. The molecule has 82 valence electrons. The summed E-state index contributed by atoms with van der Waals surface area (Å²) in [5.74, 6) is 0.105. The topological polar surface area (TPSA) is 43.4 Å². The van der Waals surface area contributed by atoms with Gasteiger partial charge in [0.25, 0.3) is 0 Å². The first-order valence-electron chi connectivity index (χ1n) is 5.32. The van der Waals surface area contributed by atoms with Crippen LogP contribution in [0.4, 0.5) is 0 Å². The number of esters is 1. The molecule has 0 aromatic carbocycles. The van der Waals surface area contributed by atoms with Crippen LogP contribution in [0.25, 0.3) is 0 Å². The summed E-state index contributed by atoms with van der Waals surface area (Å²) in [6, 6.07) is 0. The summed E-state index contributed by atoms with van der Waals surface area (Å²) in [5.41, 5.74) is 0. The Labute approximate surface area is 85.8 Å². The molecule has 0 aromatic rings. The molecule has 0 aliphatic heterocycles. The van der Waals surface area contributed by atoms with Gasteiger partial charge in [-0.1, -0.05) is 13.3 Å². The van der Waals surface area contributed by atoms with Crippen LogP contribution >= 0.6 is 0 Å². The molecule has 0 spiro atoms. The molecule has 14 heavy (non-hydrogen) atoms. The fraction of sp³-hybridized carbons (Fsp3) is 0.818. The Morgan fingerprint density at radius 1 is 1.07 bits per heavy atom. The molecule has 0 unspecified atom stereocenters. The molecular weight excluding hydrogens is 180 g/mol. The van der Waals surface area contributed by atoms with Gasteiger partial charge < -0.3 is 9.53 Å². The second-order valence-electron chi connectivity index (χ2n) is 3.48. The summed E-state index contributed by atoms with van der Waals surface area (Å²) < 4.78 is 4.91. The van der Waals surface area contributed by atoms with Crippen molar-refractivity contribution in [1.29, 1.82) is 0 Å². The Bertz CT molecular complexity index is 175. The summed E-state index contributed by atoms with van der Waals surface area (Å²) in [5, 5.41) is 0. The van der Waals surface area contributed by atoms with Crippen LogP contribution in [0.3, 0.4) is 0 Å². The zero-order chi connectivity index (χ0) is 10.8. The van der Waals surface area contributed by atoms with Gasteiger partial charge in [-0.25, -0.2) is 0 Å². The molecule has 0 heterocycles. The van der Waals surface area contributed by atoms with Crippen LogP contribution in [0.2, 0.25) is 0 Å². The summed E-state index contributed by atoms with van der Waals surface area (Å²) in [4.78, 5) is 21.6. The lowest BCUT2D eigenvalue weighted by molar-refractivity contribution is -0.143. The zero-order valence-corrected chi connectivity index (χ0v) is 9.17. The third kappa shape index (κ3) is 9.23. The summed E-state index contributed by atoms with van der Waals surface area (Å²) in [6.45, 7) is 4.09. The minimum Gasteiger partial charge on any atom is -0.466 e. The predicted octanol–water partition coefficient (Wildman–Crippen LogP) is 2.48. The normalized spacial score (nSPS) is 9.86. The van der Waals surface area contributed by atoms with E-state index in [1.165, 1.54) is 0 Å². The van der Waals surface area contributed by atoms with Gasteiger partial charge in [-0.05, 0) is 26.2 Å². The molecule has 0 radical (unpaired) electrons. The van der Waals surface area contributed by atoms with Crippen molar-refractivity contribution in [3.63, 3.8) is 0 Å². The lowest BCUT2D eigenvalue weighted by Gasteiger charge is -2.02. The minimum absolute atomic E-state index is 0.116. The van der Waals surface area contributed by atoms with Crippen molar-refractivity contribution in [1.82, 2.24) is 0 Å². The molecule has 0 N–H and O–H groups in total. The molecular formula is C11H20O3. The van der Waals surface area contributed by atoms with Crippen LogP contribution in [-0.2, 0) is 14.3 Å². The summed E-state index contributed by atoms with van der Waals surface area (Å²) in [7, 11) is 0. The van der Waals surface area contributed by atoms with E-state index in [0.717, 1.165) is 25.7 Å². The Morgan fingerprint density at radius 3 is 2.29 bits per heavy atom. The lowest BCUT2D eigenvalue weighted by Crippen LogP contribution is -2.04. The first-order valence-corrected chi connectivity index (χ1v) is 5.32. The van der Waals surface area contributed by atoms with E-state index in [1.54, 1.807) is 6.92 Å². The average Bonchev–Trinajstić information content (AvgIpc) is 2.13. The minimum atomic E-state index is -0.116. The first kappa shape index (κ1) is 13.1. The standard InChI is InChI=1S/C11H20O3/c1-3-9-14-11(13)8-6-4-5-7-10(2)12/h3-9H2,1-2H3. The molecule has 0 aliphatic rings. The maximum Gasteiger partial charge on any atom is 0.305 e. The Balaban J connectivity index is 3.19. The second-order valence-corrected chi connectivity index (χ2v) is 3.48. The van der Waals surface area contributed by atoms with Gasteiger partial charge in [-0.3, -0.25) is 4.79 Å². The molecule has 0 bridgehead atoms. The average molecular weight is 200 g/mol. The quantitative estimate of drug-likeness (QED) is 0.446. The second kappa shape index (κ2) is 8.73. The van der Waals surface area contributed by atoms with Gasteiger partial charge in [0.2, 0.25) is 0 Å². The van der Waals surface area contributed by atoms with Crippen molar-refractivity contribution >= 4 is 11.8 Å². The monoisotopic (exact) mass is 200 g/mol. The Kier molecular flexibility index (Phi) is 8.19. The van der Waals surface area contributed by atoms with Crippen molar-refractivity contribution in [2.75, 3.05) is 6.61 Å². The van der Waals surface area contributed by atoms with E-state index in [-0.39, 0.29) is 11.8 Å². The highest BCUT2D eigenvalue weighted by Crippen LogP contribution is 2.04.